The summed E-state index contributed by atoms with van der Waals surface area (Å²) in [6.07, 6.45) is 0. The maximum Gasteiger partial charge on any atom is 0.229 e. The molecule has 16 heavy (non-hydrogen) atoms. The van der Waals surface area contributed by atoms with Gasteiger partial charge in [0.25, 0.3) is 0 Å². The van der Waals surface area contributed by atoms with Crippen LogP contribution in [0.15, 0.2) is 24.3 Å². The number of nitrogens with zero attached hydrogens (tertiary/aromatic N) is 3. The van der Waals surface area contributed by atoms with Crippen LogP contribution in [0.1, 0.15) is 5.82 Å². The Kier molecular flexibility index (Phi) is 3.07. The van der Waals surface area contributed by atoms with E-state index in [0.29, 0.717) is 23.3 Å². The molecular weight excluding hydrogens is 226 g/mol. The topological polar surface area (TPSA) is 68.8 Å². The minimum absolute atomic E-state index is 0.305. The van der Waals surface area contributed by atoms with Crippen molar-refractivity contribution in [1.29, 1.82) is 0 Å². The molecule has 0 saturated carbocycles. The van der Waals surface area contributed by atoms with E-state index in [2.05, 4.69) is 15.5 Å². The third-order valence-corrected chi connectivity index (χ3v) is 2.55. The van der Waals surface area contributed by atoms with E-state index < -0.39 is 0 Å². The molecule has 1 heterocycles. The monoisotopic (exact) mass is 237 g/mol. The van der Waals surface area contributed by atoms with E-state index in [0.717, 1.165) is 5.69 Å². The first kappa shape index (κ1) is 10.9. The summed E-state index contributed by atoms with van der Waals surface area (Å²) in [4.78, 5) is 0. The number of halogens is 1. The molecule has 6 heteroatoms. The predicted molar refractivity (Wildman–Crippen MR) is 63.8 cm³/mol. The quantitative estimate of drug-likeness (QED) is 0.847. The van der Waals surface area contributed by atoms with Crippen molar-refractivity contribution in [1.82, 2.24) is 14.8 Å². The zero-order valence-electron chi connectivity index (χ0n) is 8.81. The first-order chi connectivity index (χ1) is 7.77. The Balaban J connectivity index is 2.62. The first-order valence-electron chi connectivity index (χ1n) is 4.85. The van der Waals surface area contributed by atoms with Crippen molar-refractivity contribution in [3.05, 3.63) is 35.1 Å². The summed E-state index contributed by atoms with van der Waals surface area (Å²) in [5.74, 6) is 1.28. The van der Waals surface area contributed by atoms with E-state index in [1.165, 1.54) is 0 Å². The smallest absolute Gasteiger partial charge is 0.229 e. The van der Waals surface area contributed by atoms with Crippen LogP contribution in [0.25, 0.3) is 5.69 Å². The molecule has 0 spiro atoms. The maximum atomic E-state index is 6.13. The molecular formula is C10H12ClN5. The van der Waals surface area contributed by atoms with E-state index in [-0.39, 0.29) is 0 Å². The third kappa shape index (κ3) is 1.75. The second-order valence-electron chi connectivity index (χ2n) is 3.18. The number of benzene rings is 1. The van der Waals surface area contributed by atoms with Gasteiger partial charge < -0.3 is 11.1 Å². The van der Waals surface area contributed by atoms with Crippen LogP contribution in [0.3, 0.4) is 0 Å². The van der Waals surface area contributed by atoms with Gasteiger partial charge in [0.05, 0.1) is 17.3 Å². The molecule has 1 aromatic carbocycles. The fourth-order valence-corrected chi connectivity index (χ4v) is 1.72. The normalized spacial score (nSPS) is 10.4. The number of hydrogen-bond acceptors (Lipinski definition) is 4. The van der Waals surface area contributed by atoms with Gasteiger partial charge >= 0.3 is 0 Å². The van der Waals surface area contributed by atoms with Crippen molar-refractivity contribution in [3.63, 3.8) is 0 Å². The molecule has 1 aromatic heterocycles. The number of hydrogen-bond donors (Lipinski definition) is 2. The zero-order valence-corrected chi connectivity index (χ0v) is 9.57. The lowest BCUT2D eigenvalue weighted by Crippen LogP contribution is -2.09. The average molecular weight is 238 g/mol. The number of aromatic nitrogens is 3. The Morgan fingerprint density at radius 1 is 1.38 bits per heavy atom. The minimum atomic E-state index is 0.305. The summed E-state index contributed by atoms with van der Waals surface area (Å²) in [5, 5.41) is 11.6. The molecule has 0 saturated heterocycles. The van der Waals surface area contributed by atoms with Crippen LogP contribution in [-0.4, -0.2) is 21.8 Å². The molecule has 2 rings (SSSR count). The molecule has 0 unspecified atom stereocenters. The molecule has 2 aromatic rings. The van der Waals surface area contributed by atoms with Crippen LogP contribution < -0.4 is 11.1 Å². The zero-order chi connectivity index (χ0) is 11.5. The van der Waals surface area contributed by atoms with Gasteiger partial charge in [0, 0.05) is 7.05 Å². The number of para-hydroxylation sites is 1. The Bertz CT molecular complexity index is 472. The van der Waals surface area contributed by atoms with E-state index in [9.17, 15) is 0 Å². The summed E-state index contributed by atoms with van der Waals surface area (Å²) in [7, 11) is 1.78. The molecule has 0 amide bonds. The molecule has 0 atom stereocenters. The van der Waals surface area contributed by atoms with E-state index in [1.54, 1.807) is 7.05 Å². The molecule has 0 aliphatic rings. The van der Waals surface area contributed by atoms with Gasteiger partial charge in [-0.15, -0.1) is 10.2 Å². The minimum Gasteiger partial charge on any atom is -0.357 e. The summed E-state index contributed by atoms with van der Waals surface area (Å²) in [6.45, 7) is 0.305. The van der Waals surface area contributed by atoms with Gasteiger partial charge in [-0.05, 0) is 12.1 Å². The van der Waals surface area contributed by atoms with E-state index in [1.807, 2.05) is 28.8 Å². The highest BCUT2D eigenvalue weighted by atomic mass is 35.5. The average Bonchev–Trinajstić information content (AvgIpc) is 2.72. The third-order valence-electron chi connectivity index (χ3n) is 2.23. The van der Waals surface area contributed by atoms with Crippen molar-refractivity contribution in [2.75, 3.05) is 12.4 Å². The number of rotatable bonds is 3. The Labute approximate surface area is 98.2 Å². The van der Waals surface area contributed by atoms with Gasteiger partial charge in [0.15, 0.2) is 5.82 Å². The van der Waals surface area contributed by atoms with Crippen LogP contribution in [-0.2, 0) is 6.54 Å². The predicted octanol–water partition coefficient (Wildman–Crippen LogP) is 1.42. The molecule has 0 bridgehead atoms. The van der Waals surface area contributed by atoms with Crippen LogP contribution in [0.5, 0.6) is 0 Å². The number of anilines is 1. The van der Waals surface area contributed by atoms with Gasteiger partial charge in [-0.3, -0.25) is 4.57 Å². The second-order valence-corrected chi connectivity index (χ2v) is 3.59. The summed E-state index contributed by atoms with van der Waals surface area (Å²) in [5.41, 5.74) is 6.43. The maximum absolute atomic E-state index is 6.13. The lowest BCUT2D eigenvalue weighted by atomic mass is 10.3. The van der Waals surface area contributed by atoms with Crippen molar-refractivity contribution >= 4 is 17.5 Å². The Hall–Kier alpha value is -1.59. The molecule has 84 valence electrons. The fraction of sp³-hybridized carbons (Fsp3) is 0.200. The van der Waals surface area contributed by atoms with Gasteiger partial charge in [0.2, 0.25) is 5.95 Å². The molecule has 3 N–H and O–H groups in total. The summed E-state index contributed by atoms with van der Waals surface area (Å²) < 4.78 is 1.81. The van der Waals surface area contributed by atoms with Crippen molar-refractivity contribution in [3.8, 4) is 5.69 Å². The Morgan fingerprint density at radius 3 is 2.75 bits per heavy atom. The molecule has 5 nitrogen and oxygen atoms in total. The van der Waals surface area contributed by atoms with Crippen molar-refractivity contribution < 1.29 is 0 Å². The van der Waals surface area contributed by atoms with Gasteiger partial charge in [-0.2, -0.15) is 0 Å². The summed E-state index contributed by atoms with van der Waals surface area (Å²) >= 11 is 6.13. The van der Waals surface area contributed by atoms with E-state index >= 15 is 0 Å². The molecule has 0 aliphatic carbocycles. The standard InChI is InChI=1S/C10H12ClN5/c1-13-10-15-14-9(6-12)16(10)8-5-3-2-4-7(8)11/h2-5H,6,12H2,1H3,(H,13,15). The molecule has 0 radical (unpaired) electrons. The molecule has 0 aliphatic heterocycles. The highest BCUT2D eigenvalue weighted by Crippen LogP contribution is 2.23. The molecule has 0 fully saturated rings. The van der Waals surface area contributed by atoms with Gasteiger partial charge in [-0.25, -0.2) is 0 Å². The highest BCUT2D eigenvalue weighted by molar-refractivity contribution is 6.32. The van der Waals surface area contributed by atoms with Crippen LogP contribution in [0, 0.1) is 0 Å². The van der Waals surface area contributed by atoms with Crippen molar-refractivity contribution in [2.24, 2.45) is 5.73 Å². The summed E-state index contributed by atoms with van der Waals surface area (Å²) in [6, 6.07) is 7.49. The first-order valence-corrected chi connectivity index (χ1v) is 5.22. The van der Waals surface area contributed by atoms with Crippen LogP contribution >= 0.6 is 11.6 Å². The van der Waals surface area contributed by atoms with Crippen molar-refractivity contribution in [2.45, 2.75) is 6.54 Å². The SMILES string of the molecule is CNc1nnc(CN)n1-c1ccccc1Cl. The fourth-order valence-electron chi connectivity index (χ4n) is 1.50. The van der Waals surface area contributed by atoms with Gasteiger partial charge in [-0.1, -0.05) is 23.7 Å². The second kappa shape index (κ2) is 4.51. The lowest BCUT2D eigenvalue weighted by molar-refractivity contribution is 0.861. The van der Waals surface area contributed by atoms with Crippen LogP contribution in [0.4, 0.5) is 5.95 Å². The highest BCUT2D eigenvalue weighted by Gasteiger charge is 2.13. The largest absolute Gasteiger partial charge is 0.357 e. The Morgan fingerprint density at radius 2 is 2.12 bits per heavy atom. The van der Waals surface area contributed by atoms with E-state index in [4.69, 9.17) is 17.3 Å². The lowest BCUT2D eigenvalue weighted by Gasteiger charge is -2.10. The number of nitrogens with two attached hydrogens (primary N) is 1. The van der Waals surface area contributed by atoms with Gasteiger partial charge in [0.1, 0.15) is 0 Å². The number of nitrogens with one attached hydrogen (secondary N) is 1. The van der Waals surface area contributed by atoms with Crippen LogP contribution in [0.2, 0.25) is 5.02 Å².